The minimum Gasteiger partial charge on any atom is -0.353 e. The highest BCUT2D eigenvalue weighted by molar-refractivity contribution is 5.57. The van der Waals surface area contributed by atoms with Crippen LogP contribution in [-0.2, 0) is 0 Å². The van der Waals surface area contributed by atoms with Gasteiger partial charge in [0, 0.05) is 48.2 Å². The van der Waals surface area contributed by atoms with Gasteiger partial charge >= 0.3 is 0 Å². The Morgan fingerprint density at radius 2 is 1.91 bits per heavy atom. The van der Waals surface area contributed by atoms with Gasteiger partial charge in [-0.25, -0.2) is 9.97 Å². The number of pyridine rings is 1. The van der Waals surface area contributed by atoms with Crippen LogP contribution in [0.2, 0.25) is 0 Å². The first-order valence-electron chi connectivity index (χ1n) is 8.15. The molecule has 23 heavy (non-hydrogen) atoms. The van der Waals surface area contributed by atoms with Crippen molar-refractivity contribution in [3.8, 4) is 11.4 Å². The third-order valence-electron chi connectivity index (χ3n) is 4.96. The minimum atomic E-state index is -0.0877. The van der Waals surface area contributed by atoms with Crippen molar-refractivity contribution in [1.82, 2.24) is 20.3 Å². The fraction of sp³-hybridized carbons (Fsp3) is 0.471. The number of fused-ring (bicyclic) bond motifs is 2. The van der Waals surface area contributed by atoms with Gasteiger partial charge in [-0.2, -0.15) is 0 Å². The van der Waals surface area contributed by atoms with Gasteiger partial charge < -0.3 is 15.2 Å². The van der Waals surface area contributed by atoms with Crippen molar-refractivity contribution in [2.75, 3.05) is 18.0 Å². The number of rotatable bonds is 2. The highest BCUT2D eigenvalue weighted by Crippen LogP contribution is 2.25. The van der Waals surface area contributed by atoms with Gasteiger partial charge in [0.05, 0.1) is 0 Å². The van der Waals surface area contributed by atoms with Gasteiger partial charge in [0.2, 0.25) is 0 Å². The zero-order valence-corrected chi connectivity index (χ0v) is 13.5. The number of nitrogens with zero attached hydrogens (tertiary/aromatic N) is 3. The summed E-state index contributed by atoms with van der Waals surface area (Å²) in [6, 6.07) is 5.19. The Kier molecular flexibility index (Phi) is 3.41. The van der Waals surface area contributed by atoms with Crippen LogP contribution in [0.5, 0.6) is 0 Å². The molecule has 2 aromatic heterocycles. The molecule has 2 aliphatic rings. The van der Waals surface area contributed by atoms with Crippen LogP contribution in [0.3, 0.4) is 0 Å². The molecule has 2 aromatic rings. The lowest BCUT2D eigenvalue weighted by Crippen LogP contribution is -2.51. The molecule has 0 saturated carbocycles. The van der Waals surface area contributed by atoms with E-state index in [9.17, 15) is 4.79 Å². The number of aromatic amines is 1. The number of anilines is 1. The lowest BCUT2D eigenvalue weighted by Gasteiger charge is -2.33. The average Bonchev–Trinajstić information content (AvgIpc) is 2.90. The predicted molar refractivity (Wildman–Crippen MR) is 89.7 cm³/mol. The number of aryl methyl sites for hydroxylation is 1. The number of piperazine rings is 1. The standard InChI is InChI=1S/C17H21N5O/c1-10-11(2)19-16(21-17(10)23)12-3-6-15(18-7-12)22-8-13-4-5-14(9-22)20-13/h3,6-7,13-14,20H,4-5,8-9H2,1-2H3,(H,19,21,23). The molecule has 4 heterocycles. The molecule has 2 unspecified atom stereocenters. The minimum absolute atomic E-state index is 0.0877. The Bertz CT molecular complexity index is 771. The van der Waals surface area contributed by atoms with Crippen molar-refractivity contribution in [1.29, 1.82) is 0 Å². The van der Waals surface area contributed by atoms with Crippen molar-refractivity contribution in [3.05, 3.63) is 39.9 Å². The second-order valence-corrected chi connectivity index (χ2v) is 6.57. The molecule has 2 atom stereocenters. The largest absolute Gasteiger partial charge is 0.353 e. The van der Waals surface area contributed by atoms with Crippen LogP contribution < -0.4 is 15.8 Å². The van der Waals surface area contributed by atoms with E-state index in [1.54, 1.807) is 13.1 Å². The summed E-state index contributed by atoms with van der Waals surface area (Å²) in [6.07, 6.45) is 4.31. The highest BCUT2D eigenvalue weighted by atomic mass is 16.1. The van der Waals surface area contributed by atoms with Crippen LogP contribution in [0, 0.1) is 13.8 Å². The second kappa shape index (κ2) is 5.45. The number of nitrogens with one attached hydrogen (secondary N) is 2. The summed E-state index contributed by atoms with van der Waals surface area (Å²) in [5.41, 5.74) is 2.17. The summed E-state index contributed by atoms with van der Waals surface area (Å²) in [5.74, 6) is 1.58. The van der Waals surface area contributed by atoms with E-state index in [2.05, 4.69) is 25.2 Å². The predicted octanol–water partition coefficient (Wildman–Crippen LogP) is 1.39. The molecule has 0 radical (unpaired) electrons. The summed E-state index contributed by atoms with van der Waals surface area (Å²) < 4.78 is 0. The normalized spacial score (nSPS) is 23.3. The Morgan fingerprint density at radius 3 is 2.52 bits per heavy atom. The van der Waals surface area contributed by atoms with Gasteiger partial charge in [-0.05, 0) is 38.8 Å². The van der Waals surface area contributed by atoms with Crippen LogP contribution in [-0.4, -0.2) is 40.1 Å². The topological polar surface area (TPSA) is 73.9 Å². The molecule has 4 rings (SSSR count). The molecule has 0 amide bonds. The first-order chi connectivity index (χ1) is 11.1. The maximum absolute atomic E-state index is 11.9. The second-order valence-electron chi connectivity index (χ2n) is 6.57. The number of hydrogen-bond acceptors (Lipinski definition) is 5. The Hall–Kier alpha value is -2.21. The third-order valence-corrected chi connectivity index (χ3v) is 4.96. The van der Waals surface area contributed by atoms with Gasteiger partial charge in [0.1, 0.15) is 11.6 Å². The van der Waals surface area contributed by atoms with Crippen molar-refractivity contribution in [2.45, 2.75) is 38.8 Å². The Morgan fingerprint density at radius 1 is 1.17 bits per heavy atom. The first-order valence-corrected chi connectivity index (χ1v) is 8.15. The smallest absolute Gasteiger partial charge is 0.254 e. The number of hydrogen-bond donors (Lipinski definition) is 2. The van der Waals surface area contributed by atoms with Crippen molar-refractivity contribution in [2.24, 2.45) is 0 Å². The molecule has 2 saturated heterocycles. The van der Waals surface area contributed by atoms with E-state index in [-0.39, 0.29) is 5.56 Å². The highest BCUT2D eigenvalue weighted by Gasteiger charge is 2.32. The third kappa shape index (κ3) is 2.63. The van der Waals surface area contributed by atoms with Gasteiger partial charge in [0.15, 0.2) is 0 Å². The summed E-state index contributed by atoms with van der Waals surface area (Å²) >= 11 is 0. The molecule has 6 nitrogen and oxygen atoms in total. The lowest BCUT2D eigenvalue weighted by atomic mass is 10.2. The van der Waals surface area contributed by atoms with Crippen LogP contribution >= 0.6 is 0 Å². The van der Waals surface area contributed by atoms with Crippen LogP contribution in [0.1, 0.15) is 24.1 Å². The maximum Gasteiger partial charge on any atom is 0.254 e. The molecule has 2 fully saturated rings. The average molecular weight is 311 g/mol. The fourth-order valence-electron chi connectivity index (χ4n) is 3.48. The summed E-state index contributed by atoms with van der Waals surface area (Å²) in [5, 5.41) is 3.63. The van der Waals surface area contributed by atoms with Crippen molar-refractivity contribution < 1.29 is 0 Å². The van der Waals surface area contributed by atoms with Crippen LogP contribution in [0.4, 0.5) is 5.82 Å². The zero-order valence-electron chi connectivity index (χ0n) is 13.5. The Labute approximate surface area is 135 Å². The lowest BCUT2D eigenvalue weighted by molar-refractivity contribution is 0.463. The van der Waals surface area contributed by atoms with E-state index in [1.807, 2.05) is 19.1 Å². The van der Waals surface area contributed by atoms with E-state index < -0.39 is 0 Å². The molecule has 0 spiro atoms. The van der Waals surface area contributed by atoms with E-state index in [0.29, 0.717) is 23.5 Å². The number of H-pyrrole nitrogens is 1. The summed E-state index contributed by atoms with van der Waals surface area (Å²) in [6.45, 7) is 5.67. The molecule has 0 aromatic carbocycles. The van der Waals surface area contributed by atoms with E-state index in [1.165, 1.54) is 12.8 Å². The number of aromatic nitrogens is 3. The quantitative estimate of drug-likeness (QED) is 0.877. The molecule has 0 aliphatic carbocycles. The summed E-state index contributed by atoms with van der Waals surface area (Å²) in [4.78, 5) is 26.1. The SMILES string of the molecule is Cc1nc(-c2ccc(N3CC4CCC(C3)N4)nc2)[nH]c(=O)c1C. The zero-order chi connectivity index (χ0) is 16.0. The van der Waals surface area contributed by atoms with Crippen LogP contribution in [0.25, 0.3) is 11.4 Å². The van der Waals surface area contributed by atoms with E-state index in [0.717, 1.165) is 30.2 Å². The first kappa shape index (κ1) is 14.4. The van der Waals surface area contributed by atoms with Gasteiger partial charge in [-0.1, -0.05) is 0 Å². The van der Waals surface area contributed by atoms with Crippen LogP contribution in [0.15, 0.2) is 23.1 Å². The van der Waals surface area contributed by atoms with E-state index in [4.69, 9.17) is 0 Å². The molecule has 2 aliphatic heterocycles. The molecule has 120 valence electrons. The Balaban J connectivity index is 1.60. The van der Waals surface area contributed by atoms with Gasteiger partial charge in [-0.3, -0.25) is 4.79 Å². The van der Waals surface area contributed by atoms with Gasteiger partial charge in [0.25, 0.3) is 5.56 Å². The van der Waals surface area contributed by atoms with E-state index >= 15 is 0 Å². The van der Waals surface area contributed by atoms with Crippen molar-refractivity contribution in [3.63, 3.8) is 0 Å². The fourth-order valence-corrected chi connectivity index (χ4v) is 3.48. The monoisotopic (exact) mass is 311 g/mol. The molecular formula is C17H21N5O. The molecule has 6 heteroatoms. The van der Waals surface area contributed by atoms with Gasteiger partial charge in [-0.15, -0.1) is 0 Å². The summed E-state index contributed by atoms with van der Waals surface area (Å²) in [7, 11) is 0. The molecule has 2 N–H and O–H groups in total. The molecule has 2 bridgehead atoms. The molecular weight excluding hydrogens is 290 g/mol. The van der Waals surface area contributed by atoms with Crippen molar-refractivity contribution >= 4 is 5.82 Å². The maximum atomic E-state index is 11.9.